The number of likely N-dealkylation sites (tertiary alicyclic amines) is 1. The molecule has 33 heavy (non-hydrogen) atoms. The second kappa shape index (κ2) is 12.3. The number of anilines is 1. The number of piperidine rings is 1. The molecule has 0 spiro atoms. The molecule has 0 radical (unpaired) electrons. The fourth-order valence-corrected chi connectivity index (χ4v) is 3.93. The summed E-state index contributed by atoms with van der Waals surface area (Å²) in [5.41, 5.74) is 5.80. The van der Waals surface area contributed by atoms with E-state index in [1.54, 1.807) is 17.2 Å². The zero-order chi connectivity index (χ0) is 23.1. The van der Waals surface area contributed by atoms with Gasteiger partial charge < -0.3 is 25.0 Å². The number of nitrogens with zero attached hydrogens (tertiary/aromatic N) is 6. The highest BCUT2D eigenvalue weighted by Crippen LogP contribution is 2.29. The molecule has 2 aromatic rings. The number of aromatic nitrogens is 3. The number of likely N-dealkylation sites (N-methyl/N-ethyl adjacent to an activating group) is 1. The first-order valence-electron chi connectivity index (χ1n) is 10.6. The second-order valence-corrected chi connectivity index (χ2v) is 7.75. The summed E-state index contributed by atoms with van der Waals surface area (Å²) in [6, 6.07) is 3.72. The van der Waals surface area contributed by atoms with Crippen LogP contribution in [-0.4, -0.2) is 84.0 Å². The number of carbonyl (C=O) groups excluding carboxylic acids is 2. The largest absolute Gasteiger partial charge is 0.446 e. The average molecular weight is 480 g/mol. The third-order valence-corrected chi connectivity index (χ3v) is 5.71. The molecular formula is C21H30ClN7O4. The van der Waals surface area contributed by atoms with E-state index in [9.17, 15) is 9.59 Å². The minimum absolute atomic E-state index is 0. The summed E-state index contributed by atoms with van der Waals surface area (Å²) < 4.78 is 11.8. The standard InChI is InChI=1S/C21H29N7O4.ClH/c1-15-4-8-27(18(29)3-6-22)13-17(15)26(2)19-16-5-9-28(20(16)25-14-24-19)21(30)32-12-11-31-10-7-23;/h5,9,14-15,17H,3-4,7-8,10-13,23H2,1-2H3;1H/t15-,17+;/m1./s1. The Hall–Kier alpha value is -2.94. The maximum Gasteiger partial charge on any atom is 0.419 e. The predicted octanol–water partition coefficient (Wildman–Crippen LogP) is 1.40. The molecule has 0 saturated carbocycles. The number of hydrogen-bond donors (Lipinski definition) is 1. The molecule has 1 aliphatic heterocycles. The van der Waals surface area contributed by atoms with Crippen molar-refractivity contribution in [2.24, 2.45) is 11.7 Å². The molecule has 0 aromatic carbocycles. The first-order valence-corrected chi connectivity index (χ1v) is 10.6. The molecule has 1 aliphatic rings. The molecular weight excluding hydrogens is 450 g/mol. The minimum atomic E-state index is -0.553. The van der Waals surface area contributed by atoms with Crippen LogP contribution in [0.1, 0.15) is 19.8 Å². The predicted molar refractivity (Wildman–Crippen MR) is 124 cm³/mol. The van der Waals surface area contributed by atoms with Gasteiger partial charge in [0.25, 0.3) is 0 Å². The van der Waals surface area contributed by atoms with Crippen LogP contribution in [0.3, 0.4) is 0 Å². The molecule has 0 bridgehead atoms. The molecule has 0 aliphatic carbocycles. The lowest BCUT2D eigenvalue weighted by atomic mass is 9.92. The Labute approximate surface area is 198 Å². The number of rotatable bonds is 8. The normalized spacial score (nSPS) is 17.8. The van der Waals surface area contributed by atoms with Gasteiger partial charge in [0.05, 0.1) is 30.7 Å². The molecule has 1 fully saturated rings. The quantitative estimate of drug-likeness (QED) is 0.556. The van der Waals surface area contributed by atoms with Gasteiger partial charge in [0.15, 0.2) is 5.65 Å². The SMILES string of the molecule is C[C@@H]1CCN(C(=O)CC#N)C[C@@H]1N(C)c1ncnc2c1ccn2C(=O)OCCOCCN.Cl. The monoisotopic (exact) mass is 479 g/mol. The van der Waals surface area contributed by atoms with E-state index in [2.05, 4.69) is 16.9 Å². The van der Waals surface area contributed by atoms with Gasteiger partial charge in [-0.05, 0) is 18.4 Å². The van der Waals surface area contributed by atoms with Crippen molar-refractivity contribution < 1.29 is 19.1 Å². The molecule has 1 saturated heterocycles. The Morgan fingerprint density at radius 1 is 1.33 bits per heavy atom. The lowest BCUT2D eigenvalue weighted by molar-refractivity contribution is -0.131. The number of nitriles is 1. The highest BCUT2D eigenvalue weighted by atomic mass is 35.5. The fraction of sp³-hybridized carbons (Fsp3) is 0.571. The maximum atomic E-state index is 12.5. The van der Waals surface area contributed by atoms with Crippen LogP contribution >= 0.6 is 12.4 Å². The van der Waals surface area contributed by atoms with Gasteiger partial charge in [-0.25, -0.2) is 19.3 Å². The van der Waals surface area contributed by atoms with Crippen molar-refractivity contribution in [3.05, 3.63) is 18.6 Å². The van der Waals surface area contributed by atoms with Crippen LogP contribution in [0.25, 0.3) is 11.0 Å². The highest BCUT2D eigenvalue weighted by Gasteiger charge is 2.32. The Morgan fingerprint density at radius 2 is 2.12 bits per heavy atom. The Bertz CT molecular complexity index is 993. The molecule has 3 rings (SSSR count). The van der Waals surface area contributed by atoms with Gasteiger partial charge in [-0.1, -0.05) is 6.92 Å². The summed E-state index contributed by atoms with van der Waals surface area (Å²) >= 11 is 0. The number of halogens is 1. The number of ether oxygens (including phenoxy) is 2. The smallest absolute Gasteiger partial charge is 0.419 e. The van der Waals surface area contributed by atoms with Crippen LogP contribution in [0.4, 0.5) is 10.6 Å². The fourth-order valence-electron chi connectivity index (χ4n) is 3.93. The van der Waals surface area contributed by atoms with Crippen molar-refractivity contribution in [2.75, 3.05) is 51.4 Å². The van der Waals surface area contributed by atoms with E-state index in [0.717, 1.165) is 6.42 Å². The Balaban J connectivity index is 0.00000385. The van der Waals surface area contributed by atoms with Crippen LogP contribution in [-0.2, 0) is 14.3 Å². The molecule has 12 heteroatoms. The lowest BCUT2D eigenvalue weighted by Crippen LogP contribution is -2.52. The third-order valence-electron chi connectivity index (χ3n) is 5.71. The van der Waals surface area contributed by atoms with E-state index in [4.69, 9.17) is 20.5 Å². The summed E-state index contributed by atoms with van der Waals surface area (Å²) in [7, 11) is 1.92. The Morgan fingerprint density at radius 3 is 2.85 bits per heavy atom. The summed E-state index contributed by atoms with van der Waals surface area (Å²) in [4.78, 5) is 37.2. The molecule has 2 aromatic heterocycles. The van der Waals surface area contributed by atoms with E-state index in [1.807, 2.05) is 18.0 Å². The summed E-state index contributed by atoms with van der Waals surface area (Å²) in [5, 5.41) is 9.56. The minimum Gasteiger partial charge on any atom is -0.446 e. The molecule has 3 heterocycles. The summed E-state index contributed by atoms with van der Waals surface area (Å²) in [6.45, 7) is 4.49. The lowest BCUT2D eigenvalue weighted by Gasteiger charge is -2.42. The van der Waals surface area contributed by atoms with Crippen LogP contribution in [0.2, 0.25) is 0 Å². The van der Waals surface area contributed by atoms with E-state index in [0.29, 0.717) is 49.0 Å². The van der Waals surface area contributed by atoms with Gasteiger partial charge >= 0.3 is 6.09 Å². The molecule has 2 atom stereocenters. The van der Waals surface area contributed by atoms with Gasteiger partial charge in [-0.2, -0.15) is 5.26 Å². The van der Waals surface area contributed by atoms with Crippen LogP contribution < -0.4 is 10.6 Å². The third kappa shape index (κ3) is 6.10. The van der Waals surface area contributed by atoms with E-state index < -0.39 is 6.09 Å². The first kappa shape index (κ1) is 26.3. The number of fused-ring (bicyclic) bond motifs is 1. The van der Waals surface area contributed by atoms with Gasteiger partial charge in [-0.15, -0.1) is 12.4 Å². The molecule has 2 N–H and O–H groups in total. The molecule has 1 amide bonds. The van der Waals surface area contributed by atoms with Gasteiger partial charge in [0.2, 0.25) is 5.91 Å². The topological polar surface area (TPSA) is 140 Å². The van der Waals surface area contributed by atoms with E-state index in [1.165, 1.54) is 10.9 Å². The van der Waals surface area contributed by atoms with Crippen molar-refractivity contribution in [3.63, 3.8) is 0 Å². The number of amides is 1. The Kier molecular flexibility index (Phi) is 9.84. The van der Waals surface area contributed by atoms with E-state index >= 15 is 0 Å². The molecule has 0 unspecified atom stereocenters. The van der Waals surface area contributed by atoms with Crippen molar-refractivity contribution in [1.29, 1.82) is 5.26 Å². The number of nitrogens with two attached hydrogens (primary N) is 1. The summed E-state index contributed by atoms with van der Waals surface area (Å²) in [5.74, 6) is 0.825. The van der Waals surface area contributed by atoms with Crippen LogP contribution in [0.5, 0.6) is 0 Å². The molecule has 11 nitrogen and oxygen atoms in total. The van der Waals surface area contributed by atoms with Gasteiger partial charge in [-0.3, -0.25) is 4.79 Å². The second-order valence-electron chi connectivity index (χ2n) is 7.75. The van der Waals surface area contributed by atoms with Gasteiger partial charge in [0, 0.05) is 32.9 Å². The van der Waals surface area contributed by atoms with Crippen LogP contribution in [0.15, 0.2) is 18.6 Å². The number of carbonyl (C=O) groups is 2. The summed E-state index contributed by atoms with van der Waals surface area (Å²) in [6.07, 6.45) is 3.18. The highest BCUT2D eigenvalue weighted by molar-refractivity contribution is 5.93. The average Bonchev–Trinajstić information content (AvgIpc) is 3.23. The van der Waals surface area contributed by atoms with Crippen molar-refractivity contribution >= 4 is 41.3 Å². The van der Waals surface area contributed by atoms with Crippen molar-refractivity contribution in [3.8, 4) is 6.07 Å². The number of hydrogen-bond acceptors (Lipinski definition) is 9. The van der Waals surface area contributed by atoms with Crippen LogP contribution in [0, 0.1) is 17.2 Å². The molecule has 180 valence electrons. The zero-order valence-corrected chi connectivity index (χ0v) is 19.7. The van der Waals surface area contributed by atoms with Crippen molar-refractivity contribution in [2.45, 2.75) is 25.8 Å². The van der Waals surface area contributed by atoms with E-state index in [-0.39, 0.29) is 44.0 Å². The van der Waals surface area contributed by atoms with Gasteiger partial charge in [0.1, 0.15) is 25.2 Å². The first-order chi connectivity index (χ1) is 15.5. The maximum absolute atomic E-state index is 12.5. The van der Waals surface area contributed by atoms with Crippen molar-refractivity contribution in [1.82, 2.24) is 19.4 Å². The zero-order valence-electron chi connectivity index (χ0n) is 18.8.